The molecule has 0 saturated carbocycles. The van der Waals surface area contributed by atoms with E-state index in [4.69, 9.17) is 14.2 Å². The molecule has 0 heterocycles. The third kappa shape index (κ3) is 69.8. The summed E-state index contributed by atoms with van der Waals surface area (Å²) < 4.78 is 17.0. The Morgan fingerprint density at radius 2 is 0.434 bits per heavy atom. The highest BCUT2D eigenvalue weighted by Crippen LogP contribution is 2.18. The Labute approximate surface area is 517 Å². The zero-order valence-corrected chi connectivity index (χ0v) is 55.7. The Morgan fingerprint density at radius 1 is 0.241 bits per heavy atom. The summed E-state index contributed by atoms with van der Waals surface area (Å²) >= 11 is 0. The van der Waals surface area contributed by atoms with Crippen molar-refractivity contribution in [2.45, 2.75) is 399 Å². The quantitative estimate of drug-likeness (QED) is 0.0261. The van der Waals surface area contributed by atoms with Gasteiger partial charge in [0.1, 0.15) is 13.2 Å². The second kappa shape index (κ2) is 71.6. The lowest BCUT2D eigenvalue weighted by Crippen LogP contribution is -2.30. The number of carbonyl (C=O) groups is 3. The summed E-state index contributed by atoms with van der Waals surface area (Å²) in [6, 6.07) is 0. The number of allylic oxidation sites excluding steroid dienone is 10. The van der Waals surface area contributed by atoms with Gasteiger partial charge in [0.05, 0.1) is 0 Å². The summed E-state index contributed by atoms with van der Waals surface area (Å²) in [6.07, 6.45) is 92.7. The predicted octanol–water partition coefficient (Wildman–Crippen LogP) is 25.5. The summed E-state index contributed by atoms with van der Waals surface area (Å²) in [5.41, 5.74) is 0. The predicted molar refractivity (Wildman–Crippen MR) is 362 cm³/mol. The van der Waals surface area contributed by atoms with Crippen LogP contribution in [0.15, 0.2) is 60.8 Å². The van der Waals surface area contributed by atoms with Crippen LogP contribution in [0.25, 0.3) is 0 Å². The molecule has 6 heteroatoms. The molecule has 0 aromatic rings. The van der Waals surface area contributed by atoms with Gasteiger partial charge < -0.3 is 14.2 Å². The fourth-order valence-corrected chi connectivity index (χ4v) is 10.9. The van der Waals surface area contributed by atoms with Gasteiger partial charge in [-0.15, -0.1) is 0 Å². The monoisotopic (exact) mass is 1160 g/mol. The summed E-state index contributed by atoms with van der Waals surface area (Å²) in [5, 5.41) is 0. The van der Waals surface area contributed by atoms with Crippen molar-refractivity contribution in [3.63, 3.8) is 0 Å². The van der Waals surface area contributed by atoms with E-state index in [1.165, 1.54) is 257 Å². The molecule has 6 nitrogen and oxygen atoms in total. The third-order valence-corrected chi connectivity index (χ3v) is 16.5. The standard InChI is InChI=1S/C77H140O6/c1-4-7-10-13-16-19-22-25-28-30-31-32-33-34-35-36-37-38-39-40-41-42-43-44-45-46-47-48-50-52-55-58-61-64-67-70-76(79)82-73-74(72-81-75(78)69-66-63-60-57-54-51-27-24-21-18-15-12-9-6-3)83-77(80)71-68-65-62-59-56-53-49-29-26-23-20-17-14-11-8-5-2/h20,22-25,27,29-31,49,74H,4-19,21,26,28,32-48,50-73H2,1-3H3/b23-20-,25-22-,27-24-,31-30-,49-29-. The highest BCUT2D eigenvalue weighted by Gasteiger charge is 2.19. The molecule has 0 aromatic carbocycles. The number of hydrogen-bond donors (Lipinski definition) is 0. The first-order valence-corrected chi connectivity index (χ1v) is 36.8. The van der Waals surface area contributed by atoms with Gasteiger partial charge in [0.25, 0.3) is 0 Å². The lowest BCUT2D eigenvalue weighted by Gasteiger charge is -2.18. The number of esters is 3. The Morgan fingerprint density at radius 3 is 0.687 bits per heavy atom. The van der Waals surface area contributed by atoms with Crippen molar-refractivity contribution in [2.24, 2.45) is 0 Å². The van der Waals surface area contributed by atoms with Crippen molar-refractivity contribution in [3.05, 3.63) is 60.8 Å². The van der Waals surface area contributed by atoms with Crippen molar-refractivity contribution < 1.29 is 28.6 Å². The molecule has 0 aliphatic heterocycles. The fourth-order valence-electron chi connectivity index (χ4n) is 10.9. The number of hydrogen-bond acceptors (Lipinski definition) is 6. The molecular weight excluding hydrogens is 1020 g/mol. The second-order valence-electron chi connectivity index (χ2n) is 24.8. The molecule has 1 unspecified atom stereocenters. The van der Waals surface area contributed by atoms with Crippen LogP contribution in [-0.4, -0.2) is 37.2 Å². The summed E-state index contributed by atoms with van der Waals surface area (Å²) in [5.74, 6) is -0.878. The van der Waals surface area contributed by atoms with Crippen molar-refractivity contribution in [1.29, 1.82) is 0 Å². The summed E-state index contributed by atoms with van der Waals surface area (Å²) in [4.78, 5) is 38.4. The van der Waals surface area contributed by atoms with Gasteiger partial charge in [-0.1, -0.05) is 326 Å². The Hall–Kier alpha value is -2.89. The maximum absolute atomic E-state index is 12.9. The average Bonchev–Trinajstić information content (AvgIpc) is 3.50. The summed E-state index contributed by atoms with van der Waals surface area (Å²) in [7, 11) is 0. The first-order valence-electron chi connectivity index (χ1n) is 36.8. The molecular formula is C77H140O6. The first kappa shape index (κ1) is 80.1. The topological polar surface area (TPSA) is 78.9 Å². The number of rotatable bonds is 68. The van der Waals surface area contributed by atoms with E-state index in [2.05, 4.69) is 81.5 Å². The van der Waals surface area contributed by atoms with Crippen LogP contribution in [0.3, 0.4) is 0 Å². The van der Waals surface area contributed by atoms with E-state index in [0.717, 1.165) is 96.3 Å². The molecule has 0 N–H and O–H groups in total. The number of ether oxygens (including phenoxy) is 3. The summed E-state index contributed by atoms with van der Waals surface area (Å²) in [6.45, 7) is 6.64. The van der Waals surface area contributed by atoms with Gasteiger partial charge in [0.2, 0.25) is 0 Å². The molecule has 0 rings (SSSR count). The van der Waals surface area contributed by atoms with Crippen LogP contribution >= 0.6 is 0 Å². The van der Waals surface area contributed by atoms with Crippen molar-refractivity contribution in [3.8, 4) is 0 Å². The molecule has 83 heavy (non-hydrogen) atoms. The molecule has 0 saturated heterocycles. The van der Waals surface area contributed by atoms with E-state index in [-0.39, 0.29) is 31.1 Å². The molecule has 1 atom stereocenters. The van der Waals surface area contributed by atoms with Crippen LogP contribution in [0.5, 0.6) is 0 Å². The molecule has 0 bridgehead atoms. The molecule has 0 spiro atoms. The smallest absolute Gasteiger partial charge is 0.306 e. The van der Waals surface area contributed by atoms with Gasteiger partial charge in [0.15, 0.2) is 6.10 Å². The Bertz CT molecular complexity index is 1470. The fraction of sp³-hybridized carbons (Fsp3) is 0.831. The highest BCUT2D eigenvalue weighted by atomic mass is 16.6. The molecule has 0 fully saturated rings. The third-order valence-electron chi connectivity index (χ3n) is 16.5. The average molecular weight is 1160 g/mol. The maximum atomic E-state index is 12.9. The Balaban J connectivity index is 4.10. The molecule has 0 aromatic heterocycles. The van der Waals surface area contributed by atoms with Crippen LogP contribution in [0.4, 0.5) is 0 Å². The lowest BCUT2D eigenvalue weighted by molar-refractivity contribution is -0.167. The highest BCUT2D eigenvalue weighted by molar-refractivity contribution is 5.71. The van der Waals surface area contributed by atoms with E-state index in [1.54, 1.807) is 0 Å². The van der Waals surface area contributed by atoms with Crippen molar-refractivity contribution >= 4 is 17.9 Å². The van der Waals surface area contributed by atoms with Gasteiger partial charge >= 0.3 is 17.9 Å². The van der Waals surface area contributed by atoms with Gasteiger partial charge in [-0.05, 0) is 109 Å². The van der Waals surface area contributed by atoms with Gasteiger partial charge in [0, 0.05) is 19.3 Å². The van der Waals surface area contributed by atoms with E-state index in [1.807, 2.05) is 0 Å². The normalized spacial score (nSPS) is 12.4. The number of carbonyl (C=O) groups excluding carboxylic acids is 3. The number of unbranched alkanes of at least 4 members (excludes halogenated alkanes) is 47. The molecule has 0 aliphatic carbocycles. The Kier molecular flexibility index (Phi) is 69.1. The lowest BCUT2D eigenvalue weighted by atomic mass is 10.0. The van der Waals surface area contributed by atoms with Crippen LogP contribution in [0.1, 0.15) is 393 Å². The van der Waals surface area contributed by atoms with Gasteiger partial charge in [-0.2, -0.15) is 0 Å². The van der Waals surface area contributed by atoms with Gasteiger partial charge in [-0.25, -0.2) is 0 Å². The van der Waals surface area contributed by atoms with Crippen LogP contribution in [0.2, 0.25) is 0 Å². The molecule has 0 aliphatic rings. The maximum Gasteiger partial charge on any atom is 0.306 e. The minimum atomic E-state index is -0.784. The first-order chi connectivity index (χ1) is 41.0. The zero-order valence-electron chi connectivity index (χ0n) is 55.7. The molecule has 484 valence electrons. The minimum absolute atomic E-state index is 0.0784. The van der Waals surface area contributed by atoms with Crippen LogP contribution in [0, 0.1) is 0 Å². The van der Waals surface area contributed by atoms with E-state index in [0.29, 0.717) is 19.3 Å². The zero-order chi connectivity index (χ0) is 59.9. The minimum Gasteiger partial charge on any atom is -0.462 e. The van der Waals surface area contributed by atoms with Crippen molar-refractivity contribution in [2.75, 3.05) is 13.2 Å². The van der Waals surface area contributed by atoms with Gasteiger partial charge in [-0.3, -0.25) is 14.4 Å². The second-order valence-corrected chi connectivity index (χ2v) is 24.8. The van der Waals surface area contributed by atoms with Crippen LogP contribution < -0.4 is 0 Å². The largest absolute Gasteiger partial charge is 0.462 e. The van der Waals surface area contributed by atoms with E-state index >= 15 is 0 Å². The SMILES string of the molecule is CCCCCC/C=C\C/C=C\CCCCCCCC(=O)OC(COC(=O)CCCCCCC/C=C\CCCCCCC)COC(=O)CCCCCCCCCCCCCCCCCCCCCCCCC/C=C\C/C=C\CCCCCCC. The van der Waals surface area contributed by atoms with E-state index in [9.17, 15) is 14.4 Å². The van der Waals surface area contributed by atoms with Crippen molar-refractivity contribution in [1.82, 2.24) is 0 Å². The van der Waals surface area contributed by atoms with E-state index < -0.39 is 6.10 Å². The molecule has 0 amide bonds. The van der Waals surface area contributed by atoms with Crippen LogP contribution in [-0.2, 0) is 28.6 Å². The molecule has 0 radical (unpaired) electrons.